The van der Waals surface area contributed by atoms with E-state index in [-0.39, 0.29) is 10.9 Å². The van der Waals surface area contributed by atoms with E-state index in [0.717, 1.165) is 33.3 Å². The molecule has 0 bridgehead atoms. The Morgan fingerprint density at radius 1 is 1.00 bits per heavy atom. The van der Waals surface area contributed by atoms with E-state index >= 15 is 0 Å². The summed E-state index contributed by atoms with van der Waals surface area (Å²) in [5.74, 6) is 0.431. The Bertz CT molecular complexity index is 1120. The van der Waals surface area contributed by atoms with Crippen LogP contribution in [0.4, 0.5) is 4.39 Å². The molecule has 5 heteroatoms. The molecule has 0 amide bonds. The molecule has 0 aliphatic rings. The number of nitrogens with one attached hydrogen (secondary N) is 1. The van der Waals surface area contributed by atoms with Crippen LogP contribution in [0, 0.1) is 5.82 Å². The fourth-order valence-corrected chi connectivity index (χ4v) is 4.52. The van der Waals surface area contributed by atoms with Crippen molar-refractivity contribution in [1.82, 2.24) is 4.98 Å². The molecule has 0 aliphatic heterocycles. The highest BCUT2D eigenvalue weighted by molar-refractivity contribution is 7.97. The molecular weight excluding hydrogens is 412 g/mol. The third kappa shape index (κ3) is 3.67. The van der Waals surface area contributed by atoms with Gasteiger partial charge in [0.15, 0.2) is 0 Å². The van der Waals surface area contributed by atoms with Gasteiger partial charge in [0.25, 0.3) is 0 Å². The van der Waals surface area contributed by atoms with E-state index in [1.165, 1.54) is 11.6 Å². The number of aromatic nitrogens is 1. The Morgan fingerprint density at radius 3 is 2.46 bits per heavy atom. The highest BCUT2D eigenvalue weighted by Gasteiger charge is 2.22. The lowest BCUT2D eigenvalue weighted by atomic mass is 9.85. The summed E-state index contributed by atoms with van der Waals surface area (Å²) < 4.78 is 13.8. The molecule has 0 fully saturated rings. The number of aromatic amines is 1. The standard InChI is InChI=1S/C23H18Cl2FNS/c1-28-13-16-3-2-4-18-19(12-27-23(16)18)22(14-5-8-17(24)9-6-14)15-7-10-21(26)20(25)11-15/h2-12,22,27H,13H2,1H3. The summed E-state index contributed by atoms with van der Waals surface area (Å²) >= 11 is 14.0. The number of thioether (sulfide) groups is 1. The average Bonchev–Trinajstić information content (AvgIpc) is 3.11. The third-order valence-electron chi connectivity index (χ3n) is 4.92. The largest absolute Gasteiger partial charge is 0.361 e. The van der Waals surface area contributed by atoms with E-state index < -0.39 is 5.82 Å². The Hall–Kier alpha value is -1.94. The second-order valence-electron chi connectivity index (χ2n) is 6.67. The predicted molar refractivity (Wildman–Crippen MR) is 119 cm³/mol. The number of fused-ring (bicyclic) bond motifs is 1. The van der Waals surface area contributed by atoms with Crippen LogP contribution in [0.25, 0.3) is 10.9 Å². The van der Waals surface area contributed by atoms with Crippen molar-refractivity contribution in [3.8, 4) is 0 Å². The second kappa shape index (κ2) is 8.20. The quantitative estimate of drug-likeness (QED) is 0.344. The van der Waals surface area contributed by atoms with Gasteiger partial charge in [0, 0.05) is 33.8 Å². The summed E-state index contributed by atoms with van der Waals surface area (Å²) in [6, 6.07) is 19.1. The van der Waals surface area contributed by atoms with Crippen LogP contribution in [0.5, 0.6) is 0 Å². The molecule has 4 aromatic rings. The van der Waals surface area contributed by atoms with E-state index in [1.54, 1.807) is 23.9 Å². The molecule has 142 valence electrons. The first-order valence-corrected chi connectivity index (χ1v) is 11.0. The van der Waals surface area contributed by atoms with E-state index in [9.17, 15) is 4.39 Å². The fourth-order valence-electron chi connectivity index (χ4n) is 3.65. The van der Waals surface area contributed by atoms with Gasteiger partial charge in [0.05, 0.1) is 5.02 Å². The van der Waals surface area contributed by atoms with Gasteiger partial charge in [-0.1, -0.05) is 59.6 Å². The van der Waals surface area contributed by atoms with Gasteiger partial charge in [-0.15, -0.1) is 0 Å². The van der Waals surface area contributed by atoms with Crippen LogP contribution >= 0.6 is 35.0 Å². The molecular formula is C23H18Cl2FNS. The minimum absolute atomic E-state index is 0.0892. The van der Waals surface area contributed by atoms with Crippen LogP contribution in [-0.2, 0) is 5.75 Å². The van der Waals surface area contributed by atoms with Crippen molar-refractivity contribution in [1.29, 1.82) is 0 Å². The van der Waals surface area contributed by atoms with Gasteiger partial charge in [-0.05, 0) is 52.8 Å². The topological polar surface area (TPSA) is 15.8 Å². The molecule has 0 saturated carbocycles. The summed E-state index contributed by atoms with van der Waals surface area (Å²) in [5, 5.41) is 1.96. The molecule has 1 heterocycles. The first kappa shape index (κ1) is 19.4. The van der Waals surface area contributed by atoms with Crippen LogP contribution in [0.2, 0.25) is 10.0 Å². The Balaban J connectivity index is 1.93. The molecule has 28 heavy (non-hydrogen) atoms. The minimum Gasteiger partial charge on any atom is -0.361 e. The Morgan fingerprint density at radius 2 is 1.75 bits per heavy atom. The van der Waals surface area contributed by atoms with Crippen molar-refractivity contribution in [3.05, 3.63) is 105 Å². The van der Waals surface area contributed by atoms with E-state index in [2.05, 4.69) is 29.4 Å². The molecule has 0 aliphatic carbocycles. The van der Waals surface area contributed by atoms with Crippen LogP contribution in [0.15, 0.2) is 66.9 Å². The van der Waals surface area contributed by atoms with Gasteiger partial charge < -0.3 is 4.98 Å². The highest BCUT2D eigenvalue weighted by atomic mass is 35.5. The summed E-state index contributed by atoms with van der Waals surface area (Å²) in [4.78, 5) is 3.45. The zero-order chi connectivity index (χ0) is 19.7. The van der Waals surface area contributed by atoms with Crippen molar-refractivity contribution in [2.24, 2.45) is 0 Å². The van der Waals surface area contributed by atoms with Gasteiger partial charge in [0.1, 0.15) is 5.82 Å². The number of halogens is 3. The molecule has 1 atom stereocenters. The number of para-hydroxylation sites is 1. The van der Waals surface area contributed by atoms with Crippen LogP contribution in [0.3, 0.4) is 0 Å². The van der Waals surface area contributed by atoms with Crippen molar-refractivity contribution >= 4 is 45.9 Å². The normalized spacial score (nSPS) is 12.4. The molecule has 1 N–H and O–H groups in total. The second-order valence-corrected chi connectivity index (χ2v) is 8.38. The molecule has 1 nitrogen and oxygen atoms in total. The van der Waals surface area contributed by atoms with Crippen molar-refractivity contribution < 1.29 is 4.39 Å². The van der Waals surface area contributed by atoms with Gasteiger partial charge in [-0.25, -0.2) is 4.39 Å². The molecule has 0 spiro atoms. The first-order valence-electron chi connectivity index (χ1n) is 8.86. The summed E-state index contributed by atoms with van der Waals surface area (Å²) in [6.45, 7) is 0. The van der Waals surface area contributed by atoms with Gasteiger partial charge in [-0.2, -0.15) is 11.8 Å². The van der Waals surface area contributed by atoms with Crippen LogP contribution in [-0.4, -0.2) is 11.2 Å². The minimum atomic E-state index is -0.415. The monoisotopic (exact) mass is 429 g/mol. The predicted octanol–water partition coefficient (Wildman–Crippen LogP) is 7.66. The molecule has 1 unspecified atom stereocenters. The Labute approximate surface area is 177 Å². The van der Waals surface area contributed by atoms with E-state index in [0.29, 0.717) is 5.02 Å². The van der Waals surface area contributed by atoms with Gasteiger partial charge in [-0.3, -0.25) is 0 Å². The molecule has 4 rings (SSSR count). The SMILES string of the molecule is CSCc1cccc2c(C(c3ccc(Cl)cc3)c3ccc(F)c(Cl)c3)c[nH]c12. The van der Waals surface area contributed by atoms with Crippen LogP contribution in [0.1, 0.15) is 28.2 Å². The molecule has 0 saturated heterocycles. The molecule has 0 radical (unpaired) electrons. The summed E-state index contributed by atoms with van der Waals surface area (Å²) in [5.41, 5.74) is 5.54. The third-order valence-corrected chi connectivity index (χ3v) is 6.07. The maximum Gasteiger partial charge on any atom is 0.141 e. The molecule has 1 aromatic heterocycles. The number of hydrogen-bond donors (Lipinski definition) is 1. The van der Waals surface area contributed by atoms with E-state index in [4.69, 9.17) is 23.2 Å². The zero-order valence-corrected chi connectivity index (χ0v) is 17.5. The lowest BCUT2D eigenvalue weighted by Crippen LogP contribution is -2.03. The first-order chi connectivity index (χ1) is 13.6. The lowest BCUT2D eigenvalue weighted by Gasteiger charge is -2.19. The van der Waals surface area contributed by atoms with Crippen LogP contribution < -0.4 is 0 Å². The summed E-state index contributed by atoms with van der Waals surface area (Å²) in [7, 11) is 0. The number of H-pyrrole nitrogens is 1. The average molecular weight is 430 g/mol. The van der Waals surface area contributed by atoms with Gasteiger partial charge in [0.2, 0.25) is 0 Å². The van der Waals surface area contributed by atoms with Crippen molar-refractivity contribution in [3.63, 3.8) is 0 Å². The fraction of sp³-hybridized carbons (Fsp3) is 0.130. The lowest BCUT2D eigenvalue weighted by molar-refractivity contribution is 0.627. The number of rotatable bonds is 5. The van der Waals surface area contributed by atoms with Gasteiger partial charge >= 0.3 is 0 Å². The number of hydrogen-bond acceptors (Lipinski definition) is 1. The smallest absolute Gasteiger partial charge is 0.141 e. The maximum atomic E-state index is 13.8. The molecule has 3 aromatic carbocycles. The van der Waals surface area contributed by atoms with E-state index in [1.807, 2.05) is 30.5 Å². The van der Waals surface area contributed by atoms with Crippen molar-refractivity contribution in [2.75, 3.05) is 6.26 Å². The summed E-state index contributed by atoms with van der Waals surface area (Å²) in [6.07, 6.45) is 4.14. The van der Waals surface area contributed by atoms with Crippen molar-refractivity contribution in [2.45, 2.75) is 11.7 Å². The maximum absolute atomic E-state index is 13.8. The Kier molecular flexibility index (Phi) is 5.68. The zero-order valence-electron chi connectivity index (χ0n) is 15.2. The highest BCUT2D eigenvalue weighted by Crippen LogP contribution is 2.38. The number of benzene rings is 3.